The maximum Gasteiger partial charge on any atom is 0.0151 e. The number of hydrogen-bond donors (Lipinski definition) is 1. The lowest BCUT2D eigenvalue weighted by Crippen LogP contribution is -2.41. The summed E-state index contributed by atoms with van der Waals surface area (Å²) in [5.41, 5.74) is 3.08. The van der Waals surface area contributed by atoms with E-state index in [9.17, 15) is 0 Å². The van der Waals surface area contributed by atoms with Gasteiger partial charge in [-0.05, 0) is 36.3 Å². The largest absolute Gasteiger partial charge is 0.310 e. The van der Waals surface area contributed by atoms with Crippen LogP contribution in [0, 0.1) is 5.92 Å². The first-order chi connectivity index (χ1) is 7.70. The molecule has 0 bridgehead atoms. The molecule has 16 heavy (non-hydrogen) atoms. The molecule has 0 saturated carbocycles. The second-order valence-electron chi connectivity index (χ2n) is 5.30. The fraction of sp³-hybridized carbons (Fsp3) is 0.600. The van der Waals surface area contributed by atoms with Crippen molar-refractivity contribution in [3.8, 4) is 0 Å². The van der Waals surface area contributed by atoms with E-state index in [0.29, 0.717) is 12.1 Å². The van der Waals surface area contributed by atoms with Gasteiger partial charge in [-0.2, -0.15) is 0 Å². The van der Waals surface area contributed by atoms with Crippen molar-refractivity contribution in [3.05, 3.63) is 35.4 Å². The first kappa shape index (κ1) is 11.7. The highest BCUT2D eigenvalue weighted by molar-refractivity contribution is 5.33. The molecule has 0 heterocycles. The fourth-order valence-electron chi connectivity index (χ4n) is 2.76. The van der Waals surface area contributed by atoms with Crippen LogP contribution >= 0.6 is 0 Å². The van der Waals surface area contributed by atoms with Crippen LogP contribution in [-0.4, -0.2) is 12.1 Å². The summed E-state index contributed by atoms with van der Waals surface area (Å²) in [6, 6.07) is 10.2. The number of hydrogen-bond acceptors (Lipinski definition) is 1. The Morgan fingerprint density at radius 3 is 2.19 bits per heavy atom. The van der Waals surface area contributed by atoms with Gasteiger partial charge in [-0.15, -0.1) is 0 Å². The molecule has 1 aromatic rings. The third-order valence-electron chi connectivity index (χ3n) is 3.75. The SMILES string of the molecule is CCC(NC1Cc2ccccc2C1)C(C)C. The Morgan fingerprint density at radius 1 is 1.19 bits per heavy atom. The van der Waals surface area contributed by atoms with E-state index < -0.39 is 0 Å². The summed E-state index contributed by atoms with van der Waals surface area (Å²) in [6.07, 6.45) is 3.64. The van der Waals surface area contributed by atoms with Gasteiger partial charge >= 0.3 is 0 Å². The van der Waals surface area contributed by atoms with E-state index >= 15 is 0 Å². The van der Waals surface area contributed by atoms with Crippen molar-refractivity contribution in [2.24, 2.45) is 5.92 Å². The second-order valence-corrected chi connectivity index (χ2v) is 5.30. The molecule has 0 fully saturated rings. The molecule has 1 aliphatic carbocycles. The highest BCUT2D eigenvalue weighted by Gasteiger charge is 2.23. The Hall–Kier alpha value is -0.820. The number of benzene rings is 1. The molecule has 2 rings (SSSR count). The molecule has 0 aromatic heterocycles. The van der Waals surface area contributed by atoms with Crippen LogP contribution in [0.2, 0.25) is 0 Å². The molecule has 0 amide bonds. The fourth-order valence-corrected chi connectivity index (χ4v) is 2.76. The van der Waals surface area contributed by atoms with Gasteiger partial charge in [0, 0.05) is 12.1 Å². The minimum atomic E-state index is 0.657. The van der Waals surface area contributed by atoms with Crippen LogP contribution in [0.15, 0.2) is 24.3 Å². The summed E-state index contributed by atoms with van der Waals surface area (Å²) in [5, 5.41) is 3.81. The lowest BCUT2D eigenvalue weighted by molar-refractivity contribution is 0.346. The van der Waals surface area contributed by atoms with Gasteiger partial charge in [-0.1, -0.05) is 45.0 Å². The minimum Gasteiger partial charge on any atom is -0.310 e. The van der Waals surface area contributed by atoms with Crippen LogP contribution < -0.4 is 5.32 Å². The lowest BCUT2D eigenvalue weighted by atomic mass is 10.00. The van der Waals surface area contributed by atoms with Gasteiger partial charge in [-0.25, -0.2) is 0 Å². The summed E-state index contributed by atoms with van der Waals surface area (Å²) in [4.78, 5) is 0. The predicted octanol–water partition coefficient (Wildman–Crippen LogP) is 3.18. The van der Waals surface area contributed by atoms with Gasteiger partial charge in [0.25, 0.3) is 0 Å². The Balaban J connectivity index is 1.96. The third kappa shape index (κ3) is 2.46. The van der Waals surface area contributed by atoms with E-state index in [-0.39, 0.29) is 0 Å². The topological polar surface area (TPSA) is 12.0 Å². The Labute approximate surface area is 99.3 Å². The smallest absolute Gasteiger partial charge is 0.0151 e. The lowest BCUT2D eigenvalue weighted by Gasteiger charge is -2.25. The quantitative estimate of drug-likeness (QED) is 0.817. The molecule has 1 heteroatoms. The normalized spacial score (nSPS) is 17.8. The van der Waals surface area contributed by atoms with Crippen LogP contribution in [0.5, 0.6) is 0 Å². The predicted molar refractivity (Wildman–Crippen MR) is 69.7 cm³/mol. The summed E-state index contributed by atoms with van der Waals surface area (Å²) in [5.74, 6) is 0.730. The molecule has 0 aliphatic heterocycles. The highest BCUT2D eigenvalue weighted by atomic mass is 15.0. The monoisotopic (exact) mass is 217 g/mol. The van der Waals surface area contributed by atoms with E-state index in [1.807, 2.05) is 0 Å². The molecule has 1 unspecified atom stereocenters. The summed E-state index contributed by atoms with van der Waals surface area (Å²) >= 11 is 0. The van der Waals surface area contributed by atoms with E-state index in [0.717, 1.165) is 5.92 Å². The average Bonchev–Trinajstić information content (AvgIpc) is 2.67. The Kier molecular flexibility index (Phi) is 3.65. The Morgan fingerprint density at radius 2 is 1.75 bits per heavy atom. The zero-order chi connectivity index (χ0) is 11.5. The van der Waals surface area contributed by atoms with Crippen LogP contribution in [0.1, 0.15) is 38.3 Å². The molecule has 1 aliphatic rings. The van der Waals surface area contributed by atoms with Crippen molar-refractivity contribution in [2.75, 3.05) is 0 Å². The first-order valence-corrected chi connectivity index (χ1v) is 6.53. The number of nitrogens with one attached hydrogen (secondary N) is 1. The van der Waals surface area contributed by atoms with Crippen LogP contribution in [0.3, 0.4) is 0 Å². The van der Waals surface area contributed by atoms with E-state index in [1.54, 1.807) is 11.1 Å². The van der Waals surface area contributed by atoms with Gasteiger partial charge in [0.15, 0.2) is 0 Å². The maximum absolute atomic E-state index is 3.81. The molecule has 0 radical (unpaired) electrons. The molecular formula is C15H23N. The molecule has 1 aromatic carbocycles. The molecule has 0 saturated heterocycles. The van der Waals surface area contributed by atoms with Crippen molar-refractivity contribution in [1.82, 2.24) is 5.32 Å². The summed E-state index contributed by atoms with van der Waals surface area (Å²) in [7, 11) is 0. The molecule has 0 spiro atoms. The number of fused-ring (bicyclic) bond motifs is 1. The highest BCUT2D eigenvalue weighted by Crippen LogP contribution is 2.22. The molecule has 88 valence electrons. The van der Waals surface area contributed by atoms with Crippen molar-refractivity contribution in [3.63, 3.8) is 0 Å². The molecular weight excluding hydrogens is 194 g/mol. The Bertz CT molecular complexity index is 318. The second kappa shape index (κ2) is 5.01. The standard InChI is InChI=1S/C15H23N/c1-4-15(11(2)3)16-14-9-12-7-5-6-8-13(12)10-14/h5-8,11,14-16H,4,9-10H2,1-3H3. The molecule has 1 atom stereocenters. The maximum atomic E-state index is 3.81. The van der Waals surface area contributed by atoms with Crippen molar-refractivity contribution in [1.29, 1.82) is 0 Å². The molecule has 1 N–H and O–H groups in total. The minimum absolute atomic E-state index is 0.657. The van der Waals surface area contributed by atoms with Gasteiger partial charge in [0.05, 0.1) is 0 Å². The van der Waals surface area contributed by atoms with Crippen LogP contribution in [0.4, 0.5) is 0 Å². The van der Waals surface area contributed by atoms with Crippen LogP contribution in [-0.2, 0) is 12.8 Å². The summed E-state index contributed by atoms with van der Waals surface area (Å²) in [6.45, 7) is 6.90. The van der Waals surface area contributed by atoms with E-state index in [1.165, 1.54) is 19.3 Å². The van der Waals surface area contributed by atoms with Crippen molar-refractivity contribution >= 4 is 0 Å². The first-order valence-electron chi connectivity index (χ1n) is 6.53. The molecule has 1 nitrogen and oxygen atoms in total. The van der Waals surface area contributed by atoms with E-state index in [2.05, 4.69) is 50.4 Å². The van der Waals surface area contributed by atoms with Gasteiger partial charge in [0.2, 0.25) is 0 Å². The van der Waals surface area contributed by atoms with Crippen LogP contribution in [0.25, 0.3) is 0 Å². The average molecular weight is 217 g/mol. The van der Waals surface area contributed by atoms with Gasteiger partial charge in [0.1, 0.15) is 0 Å². The van der Waals surface area contributed by atoms with E-state index in [4.69, 9.17) is 0 Å². The van der Waals surface area contributed by atoms with Crippen molar-refractivity contribution < 1.29 is 0 Å². The number of rotatable bonds is 4. The van der Waals surface area contributed by atoms with Gasteiger partial charge < -0.3 is 5.32 Å². The zero-order valence-corrected chi connectivity index (χ0v) is 10.7. The van der Waals surface area contributed by atoms with Crippen molar-refractivity contribution in [2.45, 2.75) is 52.1 Å². The van der Waals surface area contributed by atoms with Gasteiger partial charge in [-0.3, -0.25) is 0 Å². The third-order valence-corrected chi connectivity index (χ3v) is 3.75. The zero-order valence-electron chi connectivity index (χ0n) is 10.7. The summed E-state index contributed by atoms with van der Waals surface area (Å²) < 4.78 is 0.